The first kappa shape index (κ1) is 11.9. The maximum absolute atomic E-state index is 11.6. The van der Waals surface area contributed by atoms with Crippen LogP contribution in [0.3, 0.4) is 0 Å². The molecule has 0 aromatic rings. The molecule has 0 heterocycles. The van der Waals surface area contributed by atoms with Gasteiger partial charge in [0.2, 0.25) is 0 Å². The molecule has 0 aromatic heterocycles. The van der Waals surface area contributed by atoms with Crippen LogP contribution in [0.1, 0.15) is 26.2 Å². The van der Waals surface area contributed by atoms with E-state index in [2.05, 4.69) is 0 Å². The zero-order valence-electron chi connectivity index (χ0n) is 7.03. The molecule has 0 fully saturated rings. The van der Waals surface area contributed by atoms with E-state index in [1.807, 2.05) is 19.1 Å². The summed E-state index contributed by atoms with van der Waals surface area (Å²) in [5.41, 5.74) is -4.07. The van der Waals surface area contributed by atoms with Gasteiger partial charge in [0.25, 0.3) is 0 Å². The third-order valence-electron chi connectivity index (χ3n) is 1.17. The number of unbranched alkanes of at least 4 members (excludes halogenated alkanes) is 1. The minimum absolute atomic E-state index is 0.0404. The third-order valence-corrected chi connectivity index (χ3v) is 1.94. The summed E-state index contributed by atoms with van der Waals surface area (Å²) >= 11 is 0.0404. The van der Waals surface area contributed by atoms with Crippen LogP contribution in [0, 0.1) is 0 Å². The van der Waals surface area contributed by atoms with Crippen LogP contribution in [0.2, 0.25) is 0 Å². The standard InChI is InChI=1S/C8H13F3S/c1-2-3-4-5-6-7-12-8(9,10)11/h4-5H,2-3,6-7H2,1H3. The molecular weight excluding hydrogens is 185 g/mol. The zero-order chi connectivity index (χ0) is 9.45. The van der Waals surface area contributed by atoms with Crippen molar-refractivity contribution in [1.29, 1.82) is 0 Å². The highest BCUT2D eigenvalue weighted by Crippen LogP contribution is 2.30. The van der Waals surface area contributed by atoms with Crippen LogP contribution in [0.25, 0.3) is 0 Å². The highest BCUT2D eigenvalue weighted by molar-refractivity contribution is 8.00. The molecule has 0 aliphatic heterocycles. The number of alkyl halides is 3. The lowest BCUT2D eigenvalue weighted by molar-refractivity contribution is -0.0327. The molecule has 0 bridgehead atoms. The number of hydrogen-bond acceptors (Lipinski definition) is 1. The summed E-state index contributed by atoms with van der Waals surface area (Å²) in [6.45, 7) is 2.04. The molecule has 0 unspecified atom stereocenters. The van der Waals surface area contributed by atoms with Gasteiger partial charge in [-0.25, -0.2) is 0 Å². The fourth-order valence-electron chi connectivity index (χ4n) is 0.645. The normalized spacial score (nSPS) is 12.7. The Morgan fingerprint density at radius 1 is 1.17 bits per heavy atom. The van der Waals surface area contributed by atoms with Gasteiger partial charge in [-0.05, 0) is 12.8 Å². The number of halogens is 3. The van der Waals surface area contributed by atoms with E-state index >= 15 is 0 Å². The summed E-state index contributed by atoms with van der Waals surface area (Å²) in [6, 6.07) is 0. The van der Waals surface area contributed by atoms with Crippen molar-refractivity contribution in [2.75, 3.05) is 5.75 Å². The molecule has 12 heavy (non-hydrogen) atoms. The summed E-state index contributed by atoms with van der Waals surface area (Å²) in [5.74, 6) is 0.129. The van der Waals surface area contributed by atoms with E-state index < -0.39 is 5.51 Å². The first-order valence-electron chi connectivity index (χ1n) is 3.92. The maximum Gasteiger partial charge on any atom is 0.441 e. The molecule has 0 atom stereocenters. The smallest absolute Gasteiger partial charge is 0.160 e. The van der Waals surface area contributed by atoms with Crippen LogP contribution in [-0.2, 0) is 0 Å². The lowest BCUT2D eigenvalue weighted by Gasteiger charge is -2.02. The lowest BCUT2D eigenvalue weighted by Crippen LogP contribution is -2.00. The fourth-order valence-corrected chi connectivity index (χ4v) is 1.13. The number of allylic oxidation sites excluding steroid dienone is 2. The summed E-state index contributed by atoms with van der Waals surface area (Å²) in [5, 5.41) is 0. The van der Waals surface area contributed by atoms with E-state index in [1.54, 1.807) is 0 Å². The predicted octanol–water partition coefficient (Wildman–Crippen LogP) is 3.99. The zero-order valence-corrected chi connectivity index (χ0v) is 7.84. The second kappa shape index (κ2) is 6.40. The van der Waals surface area contributed by atoms with E-state index in [1.165, 1.54) is 0 Å². The van der Waals surface area contributed by atoms with Crippen molar-refractivity contribution in [1.82, 2.24) is 0 Å². The Hall–Kier alpha value is -0.120. The van der Waals surface area contributed by atoms with E-state index in [0.717, 1.165) is 12.8 Å². The first-order chi connectivity index (χ1) is 5.56. The molecule has 0 saturated heterocycles. The van der Waals surface area contributed by atoms with Gasteiger partial charge in [-0.3, -0.25) is 0 Å². The van der Waals surface area contributed by atoms with Crippen LogP contribution < -0.4 is 0 Å². The largest absolute Gasteiger partial charge is 0.441 e. The van der Waals surface area contributed by atoms with Crippen molar-refractivity contribution < 1.29 is 13.2 Å². The van der Waals surface area contributed by atoms with Gasteiger partial charge in [0.05, 0.1) is 0 Å². The Kier molecular flexibility index (Phi) is 6.34. The van der Waals surface area contributed by atoms with Crippen LogP contribution in [-0.4, -0.2) is 11.3 Å². The Balaban J connectivity index is 3.21. The van der Waals surface area contributed by atoms with Crippen molar-refractivity contribution in [2.45, 2.75) is 31.7 Å². The third kappa shape index (κ3) is 9.88. The molecule has 0 radical (unpaired) electrons. The summed E-state index contributed by atoms with van der Waals surface area (Å²) in [7, 11) is 0. The monoisotopic (exact) mass is 198 g/mol. The lowest BCUT2D eigenvalue weighted by atomic mass is 10.3. The average molecular weight is 198 g/mol. The predicted molar refractivity (Wildman–Crippen MR) is 47.2 cm³/mol. The van der Waals surface area contributed by atoms with Gasteiger partial charge in [-0.15, -0.1) is 0 Å². The van der Waals surface area contributed by atoms with E-state index in [4.69, 9.17) is 0 Å². The Bertz CT molecular complexity index is 129. The summed E-state index contributed by atoms with van der Waals surface area (Å²) in [6.07, 6.45) is 6.24. The van der Waals surface area contributed by atoms with Gasteiger partial charge in [0, 0.05) is 5.75 Å². The molecule has 0 spiro atoms. The highest BCUT2D eigenvalue weighted by atomic mass is 32.2. The van der Waals surface area contributed by atoms with Gasteiger partial charge < -0.3 is 0 Å². The van der Waals surface area contributed by atoms with Crippen molar-refractivity contribution >= 4 is 11.8 Å². The summed E-state index contributed by atoms with van der Waals surface area (Å²) in [4.78, 5) is 0. The SMILES string of the molecule is CCCC=CCCSC(F)(F)F. The fraction of sp³-hybridized carbons (Fsp3) is 0.750. The van der Waals surface area contributed by atoms with Gasteiger partial charge in [-0.2, -0.15) is 13.2 Å². The molecule has 0 nitrogen and oxygen atoms in total. The molecule has 0 aromatic carbocycles. The first-order valence-corrected chi connectivity index (χ1v) is 4.90. The molecule has 0 N–H and O–H groups in total. The minimum atomic E-state index is -4.07. The number of thioether (sulfide) groups is 1. The second-order valence-electron chi connectivity index (χ2n) is 2.34. The average Bonchev–Trinajstić information content (AvgIpc) is 1.94. The van der Waals surface area contributed by atoms with E-state index in [-0.39, 0.29) is 17.5 Å². The molecule has 0 aliphatic rings. The van der Waals surface area contributed by atoms with Crippen LogP contribution in [0.4, 0.5) is 13.2 Å². The van der Waals surface area contributed by atoms with Gasteiger partial charge >= 0.3 is 5.51 Å². The molecule has 72 valence electrons. The quantitative estimate of drug-likeness (QED) is 0.475. The van der Waals surface area contributed by atoms with Gasteiger partial charge in [-0.1, -0.05) is 37.3 Å². The van der Waals surface area contributed by atoms with Crippen LogP contribution >= 0.6 is 11.8 Å². The van der Waals surface area contributed by atoms with Crippen molar-refractivity contribution in [2.24, 2.45) is 0 Å². The van der Waals surface area contributed by atoms with Crippen LogP contribution in [0.5, 0.6) is 0 Å². The Morgan fingerprint density at radius 3 is 2.25 bits per heavy atom. The summed E-state index contributed by atoms with van der Waals surface area (Å²) < 4.78 is 34.7. The van der Waals surface area contributed by atoms with E-state index in [0.29, 0.717) is 6.42 Å². The molecular formula is C8H13F3S. The highest BCUT2D eigenvalue weighted by Gasteiger charge is 2.26. The Labute approximate surface area is 75.2 Å². The topological polar surface area (TPSA) is 0 Å². The van der Waals surface area contributed by atoms with Crippen molar-refractivity contribution in [3.8, 4) is 0 Å². The Morgan fingerprint density at radius 2 is 1.75 bits per heavy atom. The molecule has 0 rings (SSSR count). The number of hydrogen-bond donors (Lipinski definition) is 0. The molecule has 0 saturated carbocycles. The van der Waals surface area contributed by atoms with Crippen molar-refractivity contribution in [3.05, 3.63) is 12.2 Å². The maximum atomic E-state index is 11.6. The minimum Gasteiger partial charge on any atom is -0.160 e. The van der Waals surface area contributed by atoms with Gasteiger partial charge in [0.1, 0.15) is 0 Å². The molecule has 0 aliphatic carbocycles. The van der Waals surface area contributed by atoms with Crippen molar-refractivity contribution in [3.63, 3.8) is 0 Å². The number of rotatable bonds is 5. The molecule has 0 amide bonds. The second-order valence-corrected chi connectivity index (χ2v) is 3.50. The van der Waals surface area contributed by atoms with Gasteiger partial charge in [0.15, 0.2) is 0 Å². The molecule has 4 heteroatoms. The van der Waals surface area contributed by atoms with E-state index in [9.17, 15) is 13.2 Å². The van der Waals surface area contributed by atoms with Crippen LogP contribution in [0.15, 0.2) is 12.2 Å².